The van der Waals surface area contributed by atoms with Gasteiger partial charge in [0.25, 0.3) is 0 Å². The highest BCUT2D eigenvalue weighted by molar-refractivity contribution is 5.82. The van der Waals surface area contributed by atoms with Crippen molar-refractivity contribution in [1.29, 1.82) is 0 Å². The summed E-state index contributed by atoms with van der Waals surface area (Å²) in [6.45, 7) is 8.00. The highest BCUT2D eigenvalue weighted by atomic mass is 16.5. The lowest BCUT2D eigenvalue weighted by molar-refractivity contribution is -0.141. The fraction of sp³-hybridized carbons (Fsp3) is 0.909. The van der Waals surface area contributed by atoms with E-state index in [0.29, 0.717) is 19.8 Å². The van der Waals surface area contributed by atoms with Crippen molar-refractivity contribution >= 4 is 5.91 Å². The van der Waals surface area contributed by atoms with E-state index in [1.165, 1.54) is 0 Å². The Balaban J connectivity index is 2.57. The van der Waals surface area contributed by atoms with Crippen LogP contribution in [0.4, 0.5) is 0 Å². The number of hydrogen-bond acceptors (Lipinski definition) is 3. The Bertz CT molecular complexity index is 221. The Kier molecular flexibility index (Phi) is 4.54. The van der Waals surface area contributed by atoms with Gasteiger partial charge >= 0.3 is 0 Å². The molecule has 0 bridgehead atoms. The van der Waals surface area contributed by atoms with Gasteiger partial charge in [-0.25, -0.2) is 0 Å². The van der Waals surface area contributed by atoms with Gasteiger partial charge in [-0.3, -0.25) is 4.79 Å². The summed E-state index contributed by atoms with van der Waals surface area (Å²) in [5, 5.41) is 0. The summed E-state index contributed by atoms with van der Waals surface area (Å²) in [4.78, 5) is 13.9. The van der Waals surface area contributed by atoms with Crippen molar-refractivity contribution in [3.63, 3.8) is 0 Å². The predicted molar refractivity (Wildman–Crippen MR) is 59.4 cm³/mol. The zero-order valence-electron chi connectivity index (χ0n) is 9.90. The second-order valence-electron chi connectivity index (χ2n) is 4.37. The zero-order valence-corrected chi connectivity index (χ0v) is 9.90. The molecule has 0 aliphatic carbocycles. The van der Waals surface area contributed by atoms with Gasteiger partial charge in [-0.05, 0) is 12.8 Å². The summed E-state index contributed by atoms with van der Waals surface area (Å²) in [5.74, 6) is 0.313. The van der Waals surface area contributed by atoms with Crippen molar-refractivity contribution in [3.05, 3.63) is 0 Å². The molecule has 0 radical (unpaired) electrons. The van der Waals surface area contributed by atoms with Crippen LogP contribution in [0.2, 0.25) is 0 Å². The topological polar surface area (TPSA) is 55.6 Å². The van der Waals surface area contributed by atoms with Crippen molar-refractivity contribution in [3.8, 4) is 0 Å². The molecule has 0 unspecified atom stereocenters. The summed E-state index contributed by atoms with van der Waals surface area (Å²) in [6, 6.07) is -0.211. The van der Waals surface area contributed by atoms with Crippen LogP contribution >= 0.6 is 0 Å². The molecule has 0 saturated carbocycles. The monoisotopic (exact) mass is 214 g/mol. The van der Waals surface area contributed by atoms with Crippen molar-refractivity contribution < 1.29 is 9.53 Å². The SMILES string of the molecule is CC[C@H](C)[C@H](N)C(=O)N1CCOC[C@H]1C. The van der Waals surface area contributed by atoms with E-state index in [0.717, 1.165) is 6.42 Å². The van der Waals surface area contributed by atoms with Crippen LogP contribution < -0.4 is 5.73 Å². The summed E-state index contributed by atoms with van der Waals surface area (Å²) < 4.78 is 5.29. The van der Waals surface area contributed by atoms with Crippen LogP contribution in [-0.4, -0.2) is 42.6 Å². The largest absolute Gasteiger partial charge is 0.377 e. The Hall–Kier alpha value is -0.610. The first-order valence-electron chi connectivity index (χ1n) is 5.71. The van der Waals surface area contributed by atoms with E-state index in [-0.39, 0.29) is 23.9 Å². The lowest BCUT2D eigenvalue weighted by Crippen LogP contribution is -2.54. The molecule has 1 fully saturated rings. The maximum atomic E-state index is 12.1. The molecule has 2 N–H and O–H groups in total. The molecule has 1 rings (SSSR count). The van der Waals surface area contributed by atoms with E-state index in [9.17, 15) is 4.79 Å². The van der Waals surface area contributed by atoms with Gasteiger partial charge in [-0.1, -0.05) is 20.3 Å². The van der Waals surface area contributed by atoms with Gasteiger partial charge in [0.1, 0.15) is 0 Å². The molecular formula is C11H22N2O2. The lowest BCUT2D eigenvalue weighted by atomic mass is 9.98. The molecule has 88 valence electrons. The van der Waals surface area contributed by atoms with E-state index in [1.54, 1.807) is 0 Å². The number of nitrogens with zero attached hydrogens (tertiary/aromatic N) is 1. The molecule has 1 saturated heterocycles. The minimum absolute atomic E-state index is 0.0696. The lowest BCUT2D eigenvalue weighted by Gasteiger charge is -2.36. The molecule has 0 aromatic heterocycles. The fourth-order valence-corrected chi connectivity index (χ4v) is 1.74. The first-order chi connectivity index (χ1) is 7.07. The zero-order chi connectivity index (χ0) is 11.4. The highest BCUT2D eigenvalue weighted by Crippen LogP contribution is 2.13. The Morgan fingerprint density at radius 3 is 2.87 bits per heavy atom. The molecule has 1 aliphatic rings. The number of carbonyl (C=O) groups is 1. The van der Waals surface area contributed by atoms with E-state index >= 15 is 0 Å². The quantitative estimate of drug-likeness (QED) is 0.749. The maximum Gasteiger partial charge on any atom is 0.240 e. The molecule has 3 atom stereocenters. The molecule has 15 heavy (non-hydrogen) atoms. The van der Waals surface area contributed by atoms with Gasteiger partial charge in [0.15, 0.2) is 0 Å². The molecule has 0 spiro atoms. The van der Waals surface area contributed by atoms with Gasteiger partial charge in [0, 0.05) is 6.54 Å². The highest BCUT2D eigenvalue weighted by Gasteiger charge is 2.29. The third-order valence-corrected chi connectivity index (χ3v) is 3.19. The third-order valence-electron chi connectivity index (χ3n) is 3.19. The number of ether oxygens (including phenoxy) is 1. The molecule has 1 heterocycles. The average Bonchev–Trinajstić information content (AvgIpc) is 2.26. The predicted octanol–water partition coefficient (Wildman–Crippen LogP) is 0.607. The molecule has 0 aromatic carbocycles. The van der Waals surface area contributed by atoms with Crippen LogP contribution in [0.1, 0.15) is 27.2 Å². The van der Waals surface area contributed by atoms with Crippen LogP contribution in [0, 0.1) is 5.92 Å². The number of carbonyl (C=O) groups excluding carboxylic acids is 1. The van der Waals surface area contributed by atoms with Crippen molar-refractivity contribution in [2.24, 2.45) is 11.7 Å². The van der Waals surface area contributed by atoms with Gasteiger partial charge in [-0.15, -0.1) is 0 Å². The van der Waals surface area contributed by atoms with Gasteiger partial charge in [0.2, 0.25) is 5.91 Å². The van der Waals surface area contributed by atoms with Gasteiger partial charge < -0.3 is 15.4 Å². The Morgan fingerprint density at radius 2 is 2.33 bits per heavy atom. The number of rotatable bonds is 3. The molecule has 4 nitrogen and oxygen atoms in total. The van der Waals surface area contributed by atoms with E-state index in [2.05, 4.69) is 6.92 Å². The number of morpholine rings is 1. The summed E-state index contributed by atoms with van der Waals surface area (Å²) in [7, 11) is 0. The normalized spacial score (nSPS) is 26.1. The number of hydrogen-bond donors (Lipinski definition) is 1. The molecule has 1 aliphatic heterocycles. The summed E-state index contributed by atoms with van der Waals surface area (Å²) in [6.07, 6.45) is 0.936. The second-order valence-corrected chi connectivity index (χ2v) is 4.37. The van der Waals surface area contributed by atoms with Crippen LogP contribution in [0.5, 0.6) is 0 Å². The van der Waals surface area contributed by atoms with Crippen LogP contribution in [0.15, 0.2) is 0 Å². The average molecular weight is 214 g/mol. The minimum atomic E-state index is -0.365. The Morgan fingerprint density at radius 1 is 1.67 bits per heavy atom. The molecular weight excluding hydrogens is 192 g/mol. The van der Waals surface area contributed by atoms with Gasteiger partial charge in [0.05, 0.1) is 25.3 Å². The summed E-state index contributed by atoms with van der Waals surface area (Å²) in [5.41, 5.74) is 5.93. The van der Waals surface area contributed by atoms with E-state index in [1.807, 2.05) is 18.7 Å². The van der Waals surface area contributed by atoms with Crippen LogP contribution in [0.25, 0.3) is 0 Å². The second kappa shape index (κ2) is 5.47. The fourth-order valence-electron chi connectivity index (χ4n) is 1.74. The van der Waals surface area contributed by atoms with E-state index < -0.39 is 0 Å². The van der Waals surface area contributed by atoms with E-state index in [4.69, 9.17) is 10.5 Å². The third kappa shape index (κ3) is 2.92. The van der Waals surface area contributed by atoms with Crippen molar-refractivity contribution in [2.75, 3.05) is 19.8 Å². The number of nitrogens with two attached hydrogens (primary N) is 1. The first-order valence-corrected chi connectivity index (χ1v) is 5.71. The van der Waals surface area contributed by atoms with Crippen molar-refractivity contribution in [2.45, 2.75) is 39.3 Å². The molecule has 1 amide bonds. The van der Waals surface area contributed by atoms with Gasteiger partial charge in [-0.2, -0.15) is 0 Å². The standard InChI is InChI=1S/C11H22N2O2/c1-4-8(2)10(12)11(14)13-5-6-15-7-9(13)3/h8-10H,4-7,12H2,1-3H3/t8-,9+,10-/m0/s1. The Labute approximate surface area is 91.8 Å². The van der Waals surface area contributed by atoms with Crippen LogP contribution in [-0.2, 0) is 9.53 Å². The number of amides is 1. The molecule has 0 aromatic rings. The summed E-state index contributed by atoms with van der Waals surface area (Å²) >= 11 is 0. The smallest absolute Gasteiger partial charge is 0.240 e. The molecule has 4 heteroatoms. The maximum absolute atomic E-state index is 12.1. The first kappa shape index (κ1) is 12.5. The van der Waals surface area contributed by atoms with Crippen LogP contribution in [0.3, 0.4) is 0 Å². The minimum Gasteiger partial charge on any atom is -0.377 e. The van der Waals surface area contributed by atoms with Crippen molar-refractivity contribution in [1.82, 2.24) is 4.90 Å².